The summed E-state index contributed by atoms with van der Waals surface area (Å²) in [6.45, 7) is 7.51. The van der Waals surface area contributed by atoms with Crippen molar-refractivity contribution in [2.75, 3.05) is 33.5 Å². The summed E-state index contributed by atoms with van der Waals surface area (Å²) >= 11 is 0. The van der Waals surface area contributed by atoms with E-state index in [1.807, 2.05) is 13.8 Å². The highest BCUT2D eigenvalue weighted by Gasteiger charge is 2.03. The number of methoxy groups -OCH3 is 1. The number of ether oxygens (including phenoxy) is 2. The van der Waals surface area contributed by atoms with Crippen molar-refractivity contribution in [2.45, 2.75) is 26.8 Å². The molecule has 0 aromatic carbocycles. The van der Waals surface area contributed by atoms with Crippen LogP contribution < -0.4 is 5.32 Å². The average molecular weight is 242 g/mol. The number of nitrogens with one attached hydrogen (secondary N) is 1. The van der Waals surface area contributed by atoms with E-state index >= 15 is 0 Å². The second-order valence-electron chi connectivity index (χ2n) is 3.88. The Morgan fingerprint density at radius 3 is 2.71 bits per heavy atom. The first kappa shape index (κ1) is 14.2. The lowest BCUT2D eigenvalue weighted by Gasteiger charge is -2.04. The molecular weight excluding hydrogens is 220 g/mol. The van der Waals surface area contributed by atoms with Crippen molar-refractivity contribution in [3.63, 3.8) is 0 Å². The van der Waals surface area contributed by atoms with Crippen LogP contribution in [-0.2, 0) is 16.0 Å². The highest BCUT2D eigenvalue weighted by atomic mass is 16.5. The molecule has 0 spiro atoms. The zero-order chi connectivity index (χ0) is 12.5. The van der Waals surface area contributed by atoms with Gasteiger partial charge in [-0.3, -0.25) is 0 Å². The number of aryl methyl sites for hydroxylation is 2. The Kier molecular flexibility index (Phi) is 6.84. The van der Waals surface area contributed by atoms with Gasteiger partial charge in [0.15, 0.2) is 0 Å². The number of aromatic nitrogens is 1. The van der Waals surface area contributed by atoms with E-state index in [9.17, 15) is 0 Å². The van der Waals surface area contributed by atoms with Crippen LogP contribution in [0.25, 0.3) is 0 Å². The molecule has 0 aliphatic heterocycles. The van der Waals surface area contributed by atoms with E-state index in [4.69, 9.17) is 13.9 Å². The van der Waals surface area contributed by atoms with E-state index in [-0.39, 0.29) is 0 Å². The Balaban J connectivity index is 1.97. The lowest BCUT2D eigenvalue weighted by molar-refractivity contribution is 0.0694. The molecule has 0 fully saturated rings. The molecule has 0 aliphatic rings. The minimum absolute atomic E-state index is 0.655. The fourth-order valence-corrected chi connectivity index (χ4v) is 1.35. The van der Waals surface area contributed by atoms with Crippen LogP contribution in [0.1, 0.15) is 23.8 Å². The summed E-state index contributed by atoms with van der Waals surface area (Å²) in [6.07, 6.45) is 0.975. The molecule has 0 saturated heterocycles. The number of hydrogen-bond donors (Lipinski definition) is 1. The maximum Gasteiger partial charge on any atom is 0.208 e. The predicted octanol–water partition coefficient (Wildman–Crippen LogP) is 1.43. The van der Waals surface area contributed by atoms with Gasteiger partial charge >= 0.3 is 0 Å². The van der Waals surface area contributed by atoms with Crippen LogP contribution in [0.4, 0.5) is 0 Å². The van der Waals surface area contributed by atoms with Crippen molar-refractivity contribution in [3.8, 4) is 0 Å². The number of nitrogens with zero attached hydrogens (tertiary/aromatic N) is 1. The van der Waals surface area contributed by atoms with Crippen molar-refractivity contribution in [2.24, 2.45) is 0 Å². The third-order valence-electron chi connectivity index (χ3n) is 2.42. The molecule has 1 rings (SSSR count). The first-order valence-corrected chi connectivity index (χ1v) is 5.94. The quantitative estimate of drug-likeness (QED) is 0.664. The van der Waals surface area contributed by atoms with E-state index in [2.05, 4.69) is 10.3 Å². The highest BCUT2D eigenvalue weighted by Crippen LogP contribution is 2.07. The largest absolute Gasteiger partial charge is 0.444 e. The van der Waals surface area contributed by atoms with Gasteiger partial charge in [0.25, 0.3) is 0 Å². The van der Waals surface area contributed by atoms with Crippen LogP contribution >= 0.6 is 0 Å². The smallest absolute Gasteiger partial charge is 0.208 e. The highest BCUT2D eigenvalue weighted by molar-refractivity contribution is 5.04. The van der Waals surface area contributed by atoms with Crippen LogP contribution in [0.3, 0.4) is 0 Å². The first-order chi connectivity index (χ1) is 8.24. The lowest BCUT2D eigenvalue weighted by atomic mass is 10.4. The topological polar surface area (TPSA) is 56.5 Å². The Morgan fingerprint density at radius 1 is 1.24 bits per heavy atom. The lowest BCUT2D eigenvalue weighted by Crippen LogP contribution is -2.17. The molecule has 0 unspecified atom stereocenters. The van der Waals surface area contributed by atoms with Crippen LogP contribution in [0.15, 0.2) is 4.42 Å². The van der Waals surface area contributed by atoms with Gasteiger partial charge in [-0.05, 0) is 26.8 Å². The SMILES string of the molecule is COCCOCCCNCc1nc(C)c(C)o1. The van der Waals surface area contributed by atoms with Crippen molar-refractivity contribution in [3.05, 3.63) is 17.3 Å². The molecule has 5 nitrogen and oxygen atoms in total. The molecule has 0 atom stereocenters. The second-order valence-corrected chi connectivity index (χ2v) is 3.88. The third-order valence-corrected chi connectivity index (χ3v) is 2.42. The van der Waals surface area contributed by atoms with Crippen molar-refractivity contribution < 1.29 is 13.9 Å². The standard InChI is InChI=1S/C12H22N2O3/c1-10-11(2)17-12(14-10)9-13-5-4-6-16-8-7-15-3/h13H,4-9H2,1-3H3. The molecule has 17 heavy (non-hydrogen) atoms. The molecule has 1 heterocycles. The molecule has 1 aromatic rings. The van der Waals surface area contributed by atoms with E-state index in [0.29, 0.717) is 19.8 Å². The third kappa shape index (κ3) is 5.81. The van der Waals surface area contributed by atoms with Gasteiger partial charge in [-0.1, -0.05) is 0 Å². The molecule has 0 saturated carbocycles. The van der Waals surface area contributed by atoms with Crippen LogP contribution in [0, 0.1) is 13.8 Å². The molecule has 0 bridgehead atoms. The van der Waals surface area contributed by atoms with Gasteiger partial charge in [0, 0.05) is 13.7 Å². The van der Waals surface area contributed by atoms with Crippen LogP contribution in [-0.4, -0.2) is 38.5 Å². The maximum absolute atomic E-state index is 5.45. The summed E-state index contributed by atoms with van der Waals surface area (Å²) in [4.78, 5) is 4.29. The molecule has 0 amide bonds. The fraction of sp³-hybridized carbons (Fsp3) is 0.750. The minimum Gasteiger partial charge on any atom is -0.444 e. The van der Waals surface area contributed by atoms with Crippen molar-refractivity contribution >= 4 is 0 Å². The van der Waals surface area contributed by atoms with E-state index in [1.54, 1.807) is 7.11 Å². The Morgan fingerprint density at radius 2 is 2.06 bits per heavy atom. The summed E-state index contributed by atoms with van der Waals surface area (Å²) in [5.74, 6) is 1.64. The molecule has 1 aromatic heterocycles. The van der Waals surface area contributed by atoms with Crippen molar-refractivity contribution in [1.82, 2.24) is 10.3 Å². The van der Waals surface area contributed by atoms with E-state index in [0.717, 1.165) is 36.9 Å². The van der Waals surface area contributed by atoms with Gasteiger partial charge in [0.1, 0.15) is 5.76 Å². The second kappa shape index (κ2) is 8.22. The van der Waals surface area contributed by atoms with E-state index in [1.165, 1.54) is 0 Å². The summed E-state index contributed by atoms with van der Waals surface area (Å²) in [5, 5.41) is 3.27. The summed E-state index contributed by atoms with van der Waals surface area (Å²) in [7, 11) is 1.67. The van der Waals surface area contributed by atoms with Crippen LogP contribution in [0.5, 0.6) is 0 Å². The van der Waals surface area contributed by atoms with Gasteiger partial charge in [-0.25, -0.2) is 4.98 Å². The molecule has 0 radical (unpaired) electrons. The summed E-state index contributed by atoms with van der Waals surface area (Å²) in [6, 6.07) is 0. The Labute approximate surface area is 103 Å². The van der Waals surface area contributed by atoms with Gasteiger partial charge < -0.3 is 19.2 Å². The zero-order valence-electron chi connectivity index (χ0n) is 10.9. The molecule has 98 valence electrons. The number of rotatable bonds is 9. The predicted molar refractivity (Wildman–Crippen MR) is 65.0 cm³/mol. The number of hydrogen-bond acceptors (Lipinski definition) is 5. The summed E-state index contributed by atoms with van der Waals surface area (Å²) in [5.41, 5.74) is 0.963. The monoisotopic (exact) mass is 242 g/mol. The summed E-state index contributed by atoms with van der Waals surface area (Å²) < 4.78 is 15.7. The minimum atomic E-state index is 0.655. The van der Waals surface area contributed by atoms with Crippen molar-refractivity contribution in [1.29, 1.82) is 0 Å². The van der Waals surface area contributed by atoms with Crippen LogP contribution in [0.2, 0.25) is 0 Å². The Bertz CT molecular complexity index is 293. The van der Waals surface area contributed by atoms with Gasteiger partial charge in [0.2, 0.25) is 5.89 Å². The van der Waals surface area contributed by atoms with Gasteiger partial charge in [-0.2, -0.15) is 0 Å². The average Bonchev–Trinajstić information content (AvgIpc) is 2.62. The fourth-order valence-electron chi connectivity index (χ4n) is 1.35. The van der Waals surface area contributed by atoms with Gasteiger partial charge in [-0.15, -0.1) is 0 Å². The first-order valence-electron chi connectivity index (χ1n) is 5.94. The molecule has 1 N–H and O–H groups in total. The normalized spacial score (nSPS) is 11.0. The molecule has 5 heteroatoms. The van der Waals surface area contributed by atoms with Gasteiger partial charge in [0.05, 0.1) is 25.5 Å². The maximum atomic E-state index is 5.45. The zero-order valence-corrected chi connectivity index (χ0v) is 10.9. The Hall–Kier alpha value is -0.910. The number of oxazole rings is 1. The molecule has 0 aliphatic carbocycles. The van der Waals surface area contributed by atoms with E-state index < -0.39 is 0 Å². The molecular formula is C12H22N2O3.